The van der Waals surface area contributed by atoms with Gasteiger partial charge in [0.1, 0.15) is 11.2 Å². The number of hydrogen-bond acceptors (Lipinski definition) is 2. The van der Waals surface area contributed by atoms with Crippen LogP contribution < -0.4 is 0 Å². The standard InChI is InChI=1S/C9H5BrClN3/c1-14-4-6(10)7-8(14)5(2-12)3-13-9(7)11/h3-4H,1H3. The normalized spacial score (nSPS) is 10.4. The highest BCUT2D eigenvalue weighted by Gasteiger charge is 2.12. The van der Waals surface area contributed by atoms with E-state index in [2.05, 4.69) is 27.0 Å². The Morgan fingerprint density at radius 3 is 3.00 bits per heavy atom. The van der Waals surface area contributed by atoms with Crippen molar-refractivity contribution in [2.75, 3.05) is 0 Å². The van der Waals surface area contributed by atoms with Gasteiger partial charge in [0.2, 0.25) is 0 Å². The van der Waals surface area contributed by atoms with Crippen molar-refractivity contribution in [3.8, 4) is 6.07 Å². The number of aromatic nitrogens is 2. The molecule has 14 heavy (non-hydrogen) atoms. The fraction of sp³-hybridized carbons (Fsp3) is 0.111. The van der Waals surface area contributed by atoms with Crippen LogP contribution >= 0.6 is 27.5 Å². The molecule has 0 aliphatic carbocycles. The van der Waals surface area contributed by atoms with Crippen molar-refractivity contribution in [3.05, 3.63) is 27.6 Å². The summed E-state index contributed by atoms with van der Waals surface area (Å²) in [6.07, 6.45) is 3.34. The highest BCUT2D eigenvalue weighted by molar-refractivity contribution is 9.10. The highest BCUT2D eigenvalue weighted by Crippen LogP contribution is 2.32. The molecule has 3 nitrogen and oxygen atoms in total. The van der Waals surface area contributed by atoms with E-state index in [0.717, 1.165) is 15.4 Å². The number of rotatable bonds is 0. The number of halogens is 2. The molecule has 0 spiro atoms. The Morgan fingerprint density at radius 2 is 2.36 bits per heavy atom. The molecule has 0 radical (unpaired) electrons. The van der Waals surface area contributed by atoms with Crippen LogP contribution in [0, 0.1) is 11.3 Å². The van der Waals surface area contributed by atoms with Crippen molar-refractivity contribution >= 4 is 38.4 Å². The van der Waals surface area contributed by atoms with E-state index in [0.29, 0.717) is 10.7 Å². The lowest BCUT2D eigenvalue weighted by molar-refractivity contribution is 0.963. The number of nitriles is 1. The maximum atomic E-state index is 8.90. The summed E-state index contributed by atoms with van der Waals surface area (Å²) >= 11 is 9.32. The van der Waals surface area contributed by atoms with Crippen LogP contribution in [0.4, 0.5) is 0 Å². The quantitative estimate of drug-likeness (QED) is 0.691. The first-order valence-electron chi connectivity index (χ1n) is 3.84. The van der Waals surface area contributed by atoms with Gasteiger partial charge in [-0.05, 0) is 15.9 Å². The molecule has 0 aliphatic rings. The van der Waals surface area contributed by atoms with Crippen LogP contribution in [0.25, 0.3) is 10.9 Å². The van der Waals surface area contributed by atoms with Gasteiger partial charge >= 0.3 is 0 Å². The summed E-state index contributed by atoms with van der Waals surface area (Å²) in [6, 6.07) is 2.09. The third kappa shape index (κ3) is 1.21. The highest BCUT2D eigenvalue weighted by atomic mass is 79.9. The molecule has 0 saturated carbocycles. The molecule has 2 aromatic heterocycles. The lowest BCUT2D eigenvalue weighted by atomic mass is 10.2. The lowest BCUT2D eigenvalue weighted by Gasteiger charge is -1.99. The molecule has 0 bridgehead atoms. The lowest BCUT2D eigenvalue weighted by Crippen LogP contribution is -1.89. The van der Waals surface area contributed by atoms with Crippen molar-refractivity contribution in [1.82, 2.24) is 9.55 Å². The van der Waals surface area contributed by atoms with Gasteiger partial charge in [-0.15, -0.1) is 0 Å². The van der Waals surface area contributed by atoms with E-state index in [1.807, 2.05) is 17.8 Å². The predicted octanol–water partition coefficient (Wildman–Crippen LogP) is 2.86. The van der Waals surface area contributed by atoms with Gasteiger partial charge in [0.25, 0.3) is 0 Å². The first kappa shape index (κ1) is 9.50. The number of nitrogens with zero attached hydrogens (tertiary/aromatic N) is 3. The van der Waals surface area contributed by atoms with Crippen LogP contribution in [0.2, 0.25) is 5.15 Å². The second kappa shape index (κ2) is 3.26. The van der Waals surface area contributed by atoms with Crippen LogP contribution in [-0.2, 0) is 7.05 Å². The minimum Gasteiger partial charge on any atom is -0.348 e. The van der Waals surface area contributed by atoms with Crippen LogP contribution in [0.3, 0.4) is 0 Å². The number of aryl methyl sites for hydroxylation is 1. The molecule has 0 unspecified atom stereocenters. The Bertz CT molecular complexity index is 553. The van der Waals surface area contributed by atoms with E-state index < -0.39 is 0 Å². The molecule has 2 rings (SSSR count). The second-order valence-electron chi connectivity index (χ2n) is 2.89. The van der Waals surface area contributed by atoms with Crippen molar-refractivity contribution in [3.63, 3.8) is 0 Å². The minimum atomic E-state index is 0.409. The van der Waals surface area contributed by atoms with Crippen molar-refractivity contribution in [1.29, 1.82) is 5.26 Å². The zero-order chi connectivity index (χ0) is 10.3. The third-order valence-corrected chi connectivity index (χ3v) is 2.91. The largest absolute Gasteiger partial charge is 0.348 e. The fourth-order valence-electron chi connectivity index (χ4n) is 1.44. The predicted molar refractivity (Wildman–Crippen MR) is 58.1 cm³/mol. The van der Waals surface area contributed by atoms with Crippen LogP contribution in [0.1, 0.15) is 5.56 Å². The van der Waals surface area contributed by atoms with Gasteiger partial charge in [0.05, 0.1) is 16.5 Å². The monoisotopic (exact) mass is 269 g/mol. The number of pyridine rings is 1. The number of hydrogen-bond donors (Lipinski definition) is 0. The molecule has 0 atom stereocenters. The Kier molecular flexibility index (Phi) is 2.22. The summed E-state index contributed by atoms with van der Waals surface area (Å²) in [4.78, 5) is 3.95. The van der Waals surface area contributed by atoms with Gasteiger partial charge < -0.3 is 4.57 Å². The molecule has 2 heterocycles. The summed E-state index contributed by atoms with van der Waals surface area (Å²) in [5.41, 5.74) is 1.33. The van der Waals surface area contributed by atoms with Crippen molar-refractivity contribution in [2.45, 2.75) is 0 Å². The molecular weight excluding hydrogens is 265 g/mol. The minimum absolute atomic E-state index is 0.409. The summed E-state index contributed by atoms with van der Waals surface area (Å²) in [5.74, 6) is 0. The summed E-state index contributed by atoms with van der Waals surface area (Å²) in [7, 11) is 1.87. The summed E-state index contributed by atoms with van der Waals surface area (Å²) in [6.45, 7) is 0. The average molecular weight is 271 g/mol. The van der Waals surface area contributed by atoms with Gasteiger partial charge in [-0.1, -0.05) is 11.6 Å². The molecule has 70 valence electrons. The van der Waals surface area contributed by atoms with Gasteiger partial charge in [-0.3, -0.25) is 0 Å². The molecule has 0 amide bonds. The first-order chi connectivity index (χ1) is 6.65. The molecule has 2 aromatic rings. The van der Waals surface area contributed by atoms with Crippen molar-refractivity contribution in [2.24, 2.45) is 7.05 Å². The van der Waals surface area contributed by atoms with Gasteiger partial charge in [0.15, 0.2) is 0 Å². The number of fused-ring (bicyclic) bond motifs is 1. The maximum Gasteiger partial charge on any atom is 0.139 e. The van der Waals surface area contributed by atoms with E-state index in [-0.39, 0.29) is 0 Å². The maximum absolute atomic E-state index is 8.90. The van der Waals surface area contributed by atoms with Gasteiger partial charge in [-0.25, -0.2) is 4.98 Å². The molecule has 5 heteroatoms. The molecule has 0 N–H and O–H groups in total. The van der Waals surface area contributed by atoms with Crippen LogP contribution in [-0.4, -0.2) is 9.55 Å². The third-order valence-electron chi connectivity index (χ3n) is 2.02. The SMILES string of the molecule is Cn1cc(Br)c2c(Cl)ncc(C#N)c21. The topological polar surface area (TPSA) is 41.6 Å². The summed E-state index contributed by atoms with van der Waals surface area (Å²) in [5, 5.41) is 10.1. The van der Waals surface area contributed by atoms with Crippen molar-refractivity contribution < 1.29 is 0 Å². The zero-order valence-electron chi connectivity index (χ0n) is 7.25. The van der Waals surface area contributed by atoms with Gasteiger partial charge in [-0.2, -0.15) is 5.26 Å². The van der Waals surface area contributed by atoms with E-state index in [1.54, 1.807) is 0 Å². The first-order valence-corrected chi connectivity index (χ1v) is 5.01. The molecule has 0 fully saturated rings. The molecule has 0 aliphatic heterocycles. The molecule has 0 aromatic carbocycles. The second-order valence-corrected chi connectivity index (χ2v) is 4.10. The van der Waals surface area contributed by atoms with E-state index in [1.165, 1.54) is 6.20 Å². The Morgan fingerprint density at radius 1 is 1.64 bits per heavy atom. The Hall–Kier alpha value is -1.05. The van der Waals surface area contributed by atoms with E-state index in [9.17, 15) is 0 Å². The molecular formula is C9H5BrClN3. The summed E-state index contributed by atoms with van der Waals surface area (Å²) < 4.78 is 2.70. The fourth-order valence-corrected chi connectivity index (χ4v) is 2.48. The zero-order valence-corrected chi connectivity index (χ0v) is 9.59. The van der Waals surface area contributed by atoms with Crippen LogP contribution in [0.15, 0.2) is 16.9 Å². The Balaban J connectivity index is 3.04. The average Bonchev–Trinajstić information content (AvgIpc) is 2.44. The smallest absolute Gasteiger partial charge is 0.139 e. The van der Waals surface area contributed by atoms with Crippen LogP contribution in [0.5, 0.6) is 0 Å². The van der Waals surface area contributed by atoms with E-state index >= 15 is 0 Å². The molecule has 0 saturated heterocycles. The van der Waals surface area contributed by atoms with Gasteiger partial charge in [0, 0.05) is 23.9 Å². The Labute approximate surface area is 94.0 Å². The van der Waals surface area contributed by atoms with E-state index in [4.69, 9.17) is 16.9 Å².